The molecule has 0 saturated carbocycles. The van der Waals surface area contributed by atoms with Crippen molar-refractivity contribution in [3.05, 3.63) is 57.9 Å². The highest BCUT2D eigenvalue weighted by molar-refractivity contribution is 7.21. The lowest BCUT2D eigenvalue weighted by Gasteiger charge is -2.23. The zero-order valence-electron chi connectivity index (χ0n) is 21.5. The van der Waals surface area contributed by atoms with E-state index in [4.69, 9.17) is 14.2 Å². The van der Waals surface area contributed by atoms with E-state index in [9.17, 15) is 19.1 Å². The number of ether oxygens (including phenoxy) is 3. The number of aliphatic hydroxyl groups excluding tert-OH is 1. The van der Waals surface area contributed by atoms with Crippen LogP contribution < -0.4 is 15.0 Å². The van der Waals surface area contributed by atoms with Crippen LogP contribution in [0.1, 0.15) is 29.7 Å². The number of halogens is 1. The van der Waals surface area contributed by atoms with Gasteiger partial charge in [-0.3, -0.25) is 14.2 Å². The molecule has 4 aromatic rings. The molecule has 12 nitrogen and oxygen atoms in total. The highest BCUT2D eigenvalue weighted by Crippen LogP contribution is 2.34. The van der Waals surface area contributed by atoms with Crippen molar-refractivity contribution in [2.24, 2.45) is 0 Å². The van der Waals surface area contributed by atoms with Crippen molar-refractivity contribution < 1.29 is 28.5 Å². The zero-order valence-corrected chi connectivity index (χ0v) is 22.4. The number of rotatable bonds is 10. The Labute approximate surface area is 226 Å². The Morgan fingerprint density at radius 3 is 2.69 bits per heavy atom. The van der Waals surface area contributed by atoms with E-state index in [1.807, 2.05) is 0 Å². The average molecular weight is 559 g/mol. The summed E-state index contributed by atoms with van der Waals surface area (Å²) < 4.78 is 32.8. The van der Waals surface area contributed by atoms with Crippen LogP contribution in [0.4, 0.5) is 4.39 Å². The highest BCUT2D eigenvalue weighted by atomic mass is 32.1. The van der Waals surface area contributed by atoms with Gasteiger partial charge in [0.1, 0.15) is 34.1 Å². The number of amides is 1. The Morgan fingerprint density at radius 1 is 1.26 bits per heavy atom. The molecule has 1 aliphatic rings. The number of hydrogen-bond donors (Lipinski definition) is 1. The number of likely N-dealkylation sites (tertiary alicyclic amines) is 1. The van der Waals surface area contributed by atoms with Crippen molar-refractivity contribution in [1.82, 2.24) is 29.4 Å². The van der Waals surface area contributed by atoms with Gasteiger partial charge in [-0.1, -0.05) is 11.3 Å². The maximum atomic E-state index is 14.1. The number of aliphatic hydroxyl groups is 1. The number of fused-ring (bicyclic) bond motifs is 1. The lowest BCUT2D eigenvalue weighted by atomic mass is 10.1. The molecular weight excluding hydrogens is 531 g/mol. The van der Waals surface area contributed by atoms with Crippen LogP contribution in [0, 0.1) is 12.7 Å². The molecule has 206 valence electrons. The fourth-order valence-corrected chi connectivity index (χ4v) is 5.72. The Hall–Kier alpha value is -3.88. The number of hydrogen-bond acceptors (Lipinski definition) is 10. The predicted octanol–water partition coefficient (Wildman–Crippen LogP) is 2.03. The second-order valence-corrected chi connectivity index (χ2v) is 9.99. The summed E-state index contributed by atoms with van der Waals surface area (Å²) in [7, 11) is 3.12. The van der Waals surface area contributed by atoms with E-state index in [0.29, 0.717) is 38.6 Å². The van der Waals surface area contributed by atoms with Crippen LogP contribution in [0.5, 0.6) is 11.8 Å². The molecule has 0 aliphatic carbocycles. The molecule has 5 rings (SSSR count). The molecule has 0 unspecified atom stereocenters. The molecule has 0 spiro atoms. The predicted molar refractivity (Wildman–Crippen MR) is 139 cm³/mol. The van der Waals surface area contributed by atoms with E-state index in [2.05, 4.69) is 15.2 Å². The molecule has 4 heterocycles. The van der Waals surface area contributed by atoms with E-state index >= 15 is 0 Å². The third kappa shape index (κ3) is 5.10. The highest BCUT2D eigenvalue weighted by Gasteiger charge is 2.33. The molecule has 1 N–H and O–H groups in total. The normalized spacial score (nSPS) is 16.3. The third-order valence-electron chi connectivity index (χ3n) is 6.54. The molecule has 1 saturated heterocycles. The number of carbonyl (C=O) groups excluding carboxylic acids is 1. The van der Waals surface area contributed by atoms with Crippen molar-refractivity contribution >= 4 is 27.5 Å². The van der Waals surface area contributed by atoms with Crippen LogP contribution >= 0.6 is 11.3 Å². The number of carbonyl (C=O) groups is 1. The zero-order chi connectivity index (χ0) is 27.7. The summed E-state index contributed by atoms with van der Waals surface area (Å²) in [4.78, 5) is 34.4. The van der Waals surface area contributed by atoms with Gasteiger partial charge in [0.25, 0.3) is 5.56 Å². The molecule has 3 aromatic heterocycles. The number of aryl methyl sites for hydroxylation is 1. The minimum Gasteiger partial charge on any atom is -0.496 e. The van der Waals surface area contributed by atoms with Crippen LogP contribution in [0.2, 0.25) is 0 Å². The maximum absolute atomic E-state index is 14.1. The van der Waals surface area contributed by atoms with Gasteiger partial charge in [-0.25, -0.2) is 4.39 Å². The Bertz CT molecular complexity index is 1550. The molecule has 2 atom stereocenters. The molecule has 0 radical (unpaired) electrons. The van der Waals surface area contributed by atoms with Gasteiger partial charge in [0, 0.05) is 31.1 Å². The van der Waals surface area contributed by atoms with Gasteiger partial charge >= 0.3 is 6.01 Å². The first-order valence-electron chi connectivity index (χ1n) is 12.2. The maximum Gasteiger partial charge on any atom is 0.301 e. The number of benzene rings is 1. The lowest BCUT2D eigenvalue weighted by Crippen LogP contribution is -2.30. The molecule has 14 heteroatoms. The molecule has 1 aliphatic heterocycles. The van der Waals surface area contributed by atoms with Gasteiger partial charge in [0.2, 0.25) is 5.91 Å². The number of nitrogens with zero attached hydrogens (tertiary/aromatic N) is 6. The molecule has 0 bridgehead atoms. The van der Waals surface area contributed by atoms with E-state index in [-0.39, 0.29) is 43.7 Å². The third-order valence-corrected chi connectivity index (χ3v) is 7.69. The Balaban J connectivity index is 1.59. The number of thiophene rings is 1. The van der Waals surface area contributed by atoms with Crippen molar-refractivity contribution in [2.75, 3.05) is 40.5 Å². The molecule has 1 aromatic carbocycles. The van der Waals surface area contributed by atoms with Gasteiger partial charge in [-0.15, -0.1) is 4.80 Å². The summed E-state index contributed by atoms with van der Waals surface area (Å²) in [6.45, 7) is 1.62. The van der Waals surface area contributed by atoms with E-state index in [0.717, 1.165) is 0 Å². The molecule has 1 fully saturated rings. The van der Waals surface area contributed by atoms with Crippen molar-refractivity contribution in [1.29, 1.82) is 0 Å². The molecular formula is C25H27FN6O6S. The first-order chi connectivity index (χ1) is 18.8. The van der Waals surface area contributed by atoms with Crippen LogP contribution in [-0.4, -0.2) is 81.0 Å². The second-order valence-electron chi connectivity index (χ2n) is 9.01. The summed E-state index contributed by atoms with van der Waals surface area (Å²) in [5.74, 6) is -0.228. The quantitative estimate of drug-likeness (QED) is 0.310. The fraction of sp³-hybridized carbons (Fsp3) is 0.400. The number of methoxy groups -OCH3 is 1. The lowest BCUT2D eigenvalue weighted by molar-refractivity contribution is -0.126. The minimum atomic E-state index is -0.856. The van der Waals surface area contributed by atoms with Crippen molar-refractivity contribution in [3.8, 4) is 16.8 Å². The van der Waals surface area contributed by atoms with Gasteiger partial charge in [-0.05, 0) is 25.1 Å². The van der Waals surface area contributed by atoms with E-state index in [1.54, 1.807) is 18.9 Å². The van der Waals surface area contributed by atoms with Gasteiger partial charge in [-0.2, -0.15) is 15.2 Å². The number of likely N-dealkylation sites (N-methyl/N-ethyl adjacent to an activating group) is 1. The first-order valence-corrected chi connectivity index (χ1v) is 13.0. The van der Waals surface area contributed by atoms with E-state index in [1.165, 1.54) is 58.4 Å². The largest absolute Gasteiger partial charge is 0.496 e. The van der Waals surface area contributed by atoms with Crippen molar-refractivity contribution in [3.63, 3.8) is 0 Å². The van der Waals surface area contributed by atoms with Gasteiger partial charge in [0.05, 0.1) is 44.1 Å². The molecule has 1 amide bonds. The average Bonchev–Trinajstić information content (AvgIpc) is 3.64. The van der Waals surface area contributed by atoms with Crippen LogP contribution in [-0.2, 0) is 9.53 Å². The summed E-state index contributed by atoms with van der Waals surface area (Å²) >= 11 is 1.24. The standard InChI is InChI=1S/C25H27FN6O6S/c1-14-21-22(39-24(14)32-27-6-7-28-32)29-25(31(23(21)35)16-11-20(34)30(2)12-16)38-13-19(37-9-8-33)17-10-15(26)4-5-18(17)36-3/h4-7,10,16,19,33H,8-9,11-13H2,1-3H3/t16-,19+/m1/s1. The second kappa shape index (κ2) is 11.1. The summed E-state index contributed by atoms with van der Waals surface area (Å²) in [5.41, 5.74) is 0.678. The Morgan fingerprint density at radius 2 is 2.03 bits per heavy atom. The number of aromatic nitrogens is 5. The smallest absolute Gasteiger partial charge is 0.301 e. The monoisotopic (exact) mass is 558 g/mol. The van der Waals surface area contributed by atoms with Crippen LogP contribution in [0.15, 0.2) is 35.4 Å². The summed E-state index contributed by atoms with van der Waals surface area (Å²) in [6, 6.07) is 3.49. The fourth-order valence-electron chi connectivity index (χ4n) is 4.64. The minimum absolute atomic E-state index is 0.00482. The molecule has 39 heavy (non-hydrogen) atoms. The van der Waals surface area contributed by atoms with Gasteiger partial charge in [0.15, 0.2) is 0 Å². The van der Waals surface area contributed by atoms with Crippen LogP contribution in [0.3, 0.4) is 0 Å². The first kappa shape index (κ1) is 26.7. The van der Waals surface area contributed by atoms with Crippen LogP contribution in [0.25, 0.3) is 15.2 Å². The summed E-state index contributed by atoms with van der Waals surface area (Å²) in [6.07, 6.45) is 2.33. The summed E-state index contributed by atoms with van der Waals surface area (Å²) in [5, 5.41) is 18.7. The van der Waals surface area contributed by atoms with Crippen molar-refractivity contribution in [2.45, 2.75) is 25.5 Å². The topological polar surface area (TPSA) is 134 Å². The Kier molecular flexibility index (Phi) is 7.59. The SMILES string of the molecule is COc1ccc(F)cc1[C@H](COc1nc2sc(-n3nccn3)c(C)c2c(=O)n1[C@@H]1CC(=O)N(C)C1)OCCO. The van der Waals surface area contributed by atoms with E-state index < -0.39 is 18.0 Å². The van der Waals surface area contributed by atoms with Gasteiger partial charge < -0.3 is 24.2 Å².